The van der Waals surface area contributed by atoms with Gasteiger partial charge in [-0.25, -0.2) is 0 Å². The summed E-state index contributed by atoms with van der Waals surface area (Å²) in [6, 6.07) is 7.21. The lowest BCUT2D eigenvalue weighted by Gasteiger charge is -2.10. The van der Waals surface area contributed by atoms with Gasteiger partial charge in [-0.1, -0.05) is 0 Å². The Hall–Kier alpha value is -2.69. The molecule has 1 aromatic carbocycles. The van der Waals surface area contributed by atoms with E-state index in [-0.39, 0.29) is 0 Å². The molecule has 0 saturated heterocycles. The number of rotatable bonds is 2. The third-order valence-corrected chi connectivity index (χ3v) is 3.27. The fourth-order valence-electron chi connectivity index (χ4n) is 2.35. The molecule has 0 aliphatic carbocycles. The lowest BCUT2D eigenvalue weighted by molar-refractivity contribution is -0.112. The second-order valence-corrected chi connectivity index (χ2v) is 4.53. The van der Waals surface area contributed by atoms with Gasteiger partial charge in [0.1, 0.15) is 5.75 Å². The van der Waals surface area contributed by atoms with Crippen LogP contribution in [0.2, 0.25) is 0 Å². The van der Waals surface area contributed by atoms with Crippen molar-refractivity contribution in [1.82, 2.24) is 4.98 Å². The summed E-state index contributed by atoms with van der Waals surface area (Å²) in [5, 5.41) is 2.56. The average Bonchev–Trinajstić information content (AvgIpc) is 2.74. The summed E-state index contributed by atoms with van der Waals surface area (Å²) in [5.74, 6) is -0.686. The number of carbonyl (C=O) groups is 2. The van der Waals surface area contributed by atoms with Gasteiger partial charge in [-0.3, -0.25) is 14.6 Å². The molecule has 1 N–H and O–H groups in total. The molecule has 0 fully saturated rings. The standard InChI is InChI=1S/C15H12N2O3/c1-8-7-9(5-6-16-8)10-3-4-11(20-2)13-12(10)14(18)15(19)17-13/h3-7H,1-2H3,(H,17,18,19). The Labute approximate surface area is 115 Å². The number of nitrogens with zero attached hydrogens (tertiary/aromatic N) is 1. The molecule has 1 aliphatic rings. The zero-order valence-electron chi connectivity index (χ0n) is 11.1. The number of methoxy groups -OCH3 is 1. The van der Waals surface area contributed by atoms with E-state index < -0.39 is 11.7 Å². The van der Waals surface area contributed by atoms with Crippen molar-refractivity contribution in [3.05, 3.63) is 41.7 Å². The largest absolute Gasteiger partial charge is 0.495 e. The monoisotopic (exact) mass is 268 g/mol. The van der Waals surface area contributed by atoms with Crippen LogP contribution in [0.4, 0.5) is 5.69 Å². The van der Waals surface area contributed by atoms with Crippen LogP contribution in [0.1, 0.15) is 16.1 Å². The maximum atomic E-state index is 12.1. The quantitative estimate of drug-likeness (QED) is 0.848. The minimum absolute atomic E-state index is 0.361. The first-order valence-corrected chi connectivity index (χ1v) is 6.11. The Morgan fingerprint density at radius 1 is 1.20 bits per heavy atom. The van der Waals surface area contributed by atoms with Crippen molar-refractivity contribution in [3.63, 3.8) is 0 Å². The van der Waals surface area contributed by atoms with Crippen molar-refractivity contribution in [2.45, 2.75) is 6.92 Å². The Morgan fingerprint density at radius 3 is 2.70 bits per heavy atom. The number of carbonyl (C=O) groups excluding carboxylic acids is 2. The normalized spacial score (nSPS) is 13.1. The van der Waals surface area contributed by atoms with Gasteiger partial charge in [0.25, 0.3) is 11.7 Å². The molecule has 1 aliphatic heterocycles. The van der Waals surface area contributed by atoms with Crippen LogP contribution < -0.4 is 10.1 Å². The number of nitrogens with one attached hydrogen (secondary N) is 1. The van der Waals surface area contributed by atoms with E-state index in [0.717, 1.165) is 11.3 Å². The topological polar surface area (TPSA) is 68.3 Å². The van der Waals surface area contributed by atoms with Gasteiger partial charge in [-0.05, 0) is 42.3 Å². The third-order valence-electron chi connectivity index (χ3n) is 3.27. The van der Waals surface area contributed by atoms with Gasteiger partial charge in [0, 0.05) is 11.9 Å². The molecular weight excluding hydrogens is 256 g/mol. The highest BCUT2D eigenvalue weighted by Gasteiger charge is 2.33. The van der Waals surface area contributed by atoms with Crippen molar-refractivity contribution in [2.75, 3.05) is 12.4 Å². The zero-order chi connectivity index (χ0) is 14.3. The first kappa shape index (κ1) is 12.3. The van der Waals surface area contributed by atoms with Crippen LogP contribution in [0.15, 0.2) is 30.5 Å². The summed E-state index contributed by atoms with van der Waals surface area (Å²) in [4.78, 5) is 27.8. The lowest BCUT2D eigenvalue weighted by atomic mass is 9.97. The van der Waals surface area contributed by atoms with Gasteiger partial charge in [-0.15, -0.1) is 0 Å². The molecule has 0 atom stereocenters. The van der Waals surface area contributed by atoms with E-state index in [1.54, 1.807) is 18.3 Å². The molecule has 20 heavy (non-hydrogen) atoms. The summed E-state index contributed by atoms with van der Waals surface area (Å²) < 4.78 is 5.19. The molecule has 5 nitrogen and oxygen atoms in total. The number of pyridine rings is 1. The van der Waals surface area contributed by atoms with Crippen molar-refractivity contribution in [2.24, 2.45) is 0 Å². The summed E-state index contributed by atoms with van der Waals surface area (Å²) in [7, 11) is 1.50. The van der Waals surface area contributed by atoms with Gasteiger partial charge >= 0.3 is 0 Å². The van der Waals surface area contributed by atoms with Crippen LogP contribution in [0.25, 0.3) is 11.1 Å². The van der Waals surface area contributed by atoms with Gasteiger partial charge in [0.05, 0.1) is 18.4 Å². The van der Waals surface area contributed by atoms with E-state index in [2.05, 4.69) is 10.3 Å². The number of amides is 1. The fourth-order valence-corrected chi connectivity index (χ4v) is 2.35. The van der Waals surface area contributed by atoms with E-state index in [4.69, 9.17) is 4.74 Å². The van der Waals surface area contributed by atoms with E-state index in [9.17, 15) is 9.59 Å². The number of benzene rings is 1. The number of aromatic nitrogens is 1. The molecule has 0 spiro atoms. The molecule has 3 rings (SSSR count). The Kier molecular flexibility index (Phi) is 2.75. The van der Waals surface area contributed by atoms with Crippen molar-refractivity contribution in [1.29, 1.82) is 0 Å². The molecule has 2 aromatic rings. The van der Waals surface area contributed by atoms with E-state index in [1.165, 1.54) is 7.11 Å². The number of hydrogen-bond donors (Lipinski definition) is 1. The highest BCUT2D eigenvalue weighted by Crippen LogP contribution is 2.39. The smallest absolute Gasteiger partial charge is 0.296 e. The van der Waals surface area contributed by atoms with Crippen LogP contribution in [-0.2, 0) is 4.79 Å². The summed E-state index contributed by atoms with van der Waals surface area (Å²) in [6.45, 7) is 1.87. The van der Waals surface area contributed by atoms with Crippen molar-refractivity contribution < 1.29 is 14.3 Å². The Balaban J connectivity index is 2.27. The van der Waals surface area contributed by atoms with Crippen LogP contribution in [0.5, 0.6) is 5.75 Å². The number of hydrogen-bond acceptors (Lipinski definition) is 4. The molecule has 0 bridgehead atoms. The van der Waals surface area contributed by atoms with Gasteiger partial charge in [0.15, 0.2) is 0 Å². The van der Waals surface area contributed by atoms with Crippen molar-refractivity contribution in [3.8, 4) is 16.9 Å². The fraction of sp³-hybridized carbons (Fsp3) is 0.133. The molecule has 5 heteroatoms. The first-order valence-electron chi connectivity index (χ1n) is 6.11. The van der Waals surface area contributed by atoms with Crippen LogP contribution >= 0.6 is 0 Å². The maximum Gasteiger partial charge on any atom is 0.296 e. The summed E-state index contributed by atoms with van der Waals surface area (Å²) in [6.07, 6.45) is 1.68. The molecule has 1 aromatic heterocycles. The van der Waals surface area contributed by atoms with Crippen LogP contribution in [-0.4, -0.2) is 23.8 Å². The molecule has 0 radical (unpaired) electrons. The van der Waals surface area contributed by atoms with E-state index >= 15 is 0 Å². The second-order valence-electron chi connectivity index (χ2n) is 4.53. The first-order chi connectivity index (χ1) is 9.61. The molecule has 1 amide bonds. The summed E-state index contributed by atoms with van der Waals surface area (Å²) >= 11 is 0. The number of anilines is 1. The number of ketones is 1. The molecule has 2 heterocycles. The van der Waals surface area contributed by atoms with Gasteiger partial charge in [-0.2, -0.15) is 0 Å². The van der Waals surface area contributed by atoms with Gasteiger partial charge < -0.3 is 10.1 Å². The lowest BCUT2D eigenvalue weighted by Crippen LogP contribution is -2.12. The Morgan fingerprint density at radius 2 is 2.00 bits per heavy atom. The van der Waals surface area contributed by atoms with Crippen LogP contribution in [0.3, 0.4) is 0 Å². The van der Waals surface area contributed by atoms with Gasteiger partial charge in [0.2, 0.25) is 0 Å². The minimum atomic E-state index is -0.628. The minimum Gasteiger partial charge on any atom is -0.495 e. The van der Waals surface area contributed by atoms with Crippen molar-refractivity contribution >= 4 is 17.4 Å². The highest BCUT2D eigenvalue weighted by atomic mass is 16.5. The number of fused-ring (bicyclic) bond motifs is 1. The number of ether oxygens (including phenoxy) is 1. The summed E-state index contributed by atoms with van der Waals surface area (Å²) in [5.41, 5.74) is 3.20. The van der Waals surface area contributed by atoms with Crippen LogP contribution in [0, 0.1) is 6.92 Å². The van der Waals surface area contributed by atoms with E-state index in [1.807, 2.05) is 19.1 Å². The average molecular weight is 268 g/mol. The zero-order valence-corrected chi connectivity index (χ0v) is 11.1. The highest BCUT2D eigenvalue weighted by molar-refractivity contribution is 6.53. The third kappa shape index (κ3) is 1.75. The Bertz CT molecular complexity index is 738. The molecule has 100 valence electrons. The predicted octanol–water partition coefficient (Wildman–Crippen LogP) is 2.20. The number of Topliss-reactive ketones (excluding diaryl/α,β-unsaturated/α-hetero) is 1. The maximum absolute atomic E-state index is 12.1. The predicted molar refractivity (Wildman–Crippen MR) is 73.9 cm³/mol. The SMILES string of the molecule is COc1ccc(-c2ccnc(C)c2)c2c1NC(=O)C2=O. The van der Waals surface area contributed by atoms with E-state index in [0.29, 0.717) is 22.6 Å². The number of aryl methyl sites for hydroxylation is 1. The molecule has 0 unspecified atom stereocenters. The molecule has 0 saturated carbocycles. The second kappa shape index (κ2) is 4.45. The molecular formula is C15H12N2O3.